The van der Waals surface area contributed by atoms with E-state index in [-0.39, 0.29) is 5.54 Å². The van der Waals surface area contributed by atoms with Crippen molar-refractivity contribution in [2.24, 2.45) is 10.7 Å². The Hall–Kier alpha value is -0.770. The van der Waals surface area contributed by atoms with Crippen LogP contribution in [0.1, 0.15) is 25.7 Å². The van der Waals surface area contributed by atoms with Gasteiger partial charge in [0.25, 0.3) is 0 Å². The van der Waals surface area contributed by atoms with Crippen LogP contribution in [0, 0.1) is 0 Å². The summed E-state index contributed by atoms with van der Waals surface area (Å²) in [7, 11) is 2.11. The molecule has 3 rings (SSSR count). The number of hydrogen-bond acceptors (Lipinski definition) is 4. The van der Waals surface area contributed by atoms with Crippen LogP contribution in [0.25, 0.3) is 0 Å². The molecule has 15 heavy (non-hydrogen) atoms. The molecule has 3 heterocycles. The van der Waals surface area contributed by atoms with Crippen LogP contribution in [0.2, 0.25) is 0 Å². The van der Waals surface area contributed by atoms with Crippen molar-refractivity contribution in [3.63, 3.8) is 0 Å². The van der Waals surface area contributed by atoms with Crippen molar-refractivity contribution in [3.05, 3.63) is 0 Å². The van der Waals surface area contributed by atoms with E-state index in [4.69, 9.17) is 5.73 Å². The van der Waals surface area contributed by atoms with Crippen LogP contribution in [-0.4, -0.2) is 54.0 Å². The molecule has 84 valence electrons. The SMILES string of the molecule is CN1C(N)=NCC12CCN1CCCC1C2. The number of likely N-dealkylation sites (N-methyl/N-ethyl adjacent to an activating group) is 1. The number of hydrogen-bond donors (Lipinski definition) is 1. The van der Waals surface area contributed by atoms with Crippen LogP contribution in [0.4, 0.5) is 0 Å². The van der Waals surface area contributed by atoms with E-state index in [0.717, 1.165) is 18.5 Å². The zero-order chi connectivity index (χ0) is 10.5. The molecule has 0 amide bonds. The second kappa shape index (κ2) is 3.11. The lowest BCUT2D eigenvalue weighted by Gasteiger charge is -2.45. The maximum atomic E-state index is 5.88. The predicted molar refractivity (Wildman–Crippen MR) is 60.8 cm³/mol. The molecule has 2 fully saturated rings. The molecule has 0 saturated carbocycles. The largest absolute Gasteiger partial charge is 0.370 e. The summed E-state index contributed by atoms with van der Waals surface area (Å²) in [4.78, 5) is 9.28. The number of nitrogens with two attached hydrogens (primary N) is 1. The highest BCUT2D eigenvalue weighted by molar-refractivity contribution is 5.80. The van der Waals surface area contributed by atoms with Crippen LogP contribution < -0.4 is 5.73 Å². The fourth-order valence-corrected chi connectivity index (χ4v) is 3.44. The highest BCUT2D eigenvalue weighted by atomic mass is 15.4. The first-order chi connectivity index (χ1) is 7.21. The van der Waals surface area contributed by atoms with Gasteiger partial charge in [-0.05, 0) is 32.2 Å². The van der Waals surface area contributed by atoms with Crippen molar-refractivity contribution in [1.82, 2.24) is 9.80 Å². The van der Waals surface area contributed by atoms with Crippen molar-refractivity contribution in [2.45, 2.75) is 37.3 Å². The highest BCUT2D eigenvalue weighted by Crippen LogP contribution is 2.38. The van der Waals surface area contributed by atoms with Gasteiger partial charge in [0.15, 0.2) is 5.96 Å². The summed E-state index contributed by atoms with van der Waals surface area (Å²) >= 11 is 0. The summed E-state index contributed by atoms with van der Waals surface area (Å²) < 4.78 is 0. The number of piperidine rings is 1. The third-order valence-corrected chi connectivity index (χ3v) is 4.57. The normalized spacial score (nSPS) is 41.0. The summed E-state index contributed by atoms with van der Waals surface area (Å²) in [5, 5.41) is 0. The maximum Gasteiger partial charge on any atom is 0.191 e. The molecule has 3 aliphatic rings. The molecule has 0 aliphatic carbocycles. The summed E-state index contributed by atoms with van der Waals surface area (Å²) in [5.41, 5.74) is 6.14. The van der Waals surface area contributed by atoms with E-state index in [9.17, 15) is 0 Å². The summed E-state index contributed by atoms with van der Waals surface area (Å²) in [6, 6.07) is 0.794. The summed E-state index contributed by atoms with van der Waals surface area (Å²) in [6.07, 6.45) is 5.23. The lowest BCUT2D eigenvalue weighted by atomic mass is 9.83. The van der Waals surface area contributed by atoms with Gasteiger partial charge >= 0.3 is 0 Å². The van der Waals surface area contributed by atoms with E-state index < -0.39 is 0 Å². The lowest BCUT2D eigenvalue weighted by Crippen LogP contribution is -2.57. The maximum absolute atomic E-state index is 5.88. The quantitative estimate of drug-likeness (QED) is 0.620. The fourth-order valence-electron chi connectivity index (χ4n) is 3.44. The Morgan fingerprint density at radius 2 is 2.33 bits per heavy atom. The Morgan fingerprint density at radius 1 is 1.47 bits per heavy atom. The summed E-state index contributed by atoms with van der Waals surface area (Å²) in [5.74, 6) is 0.737. The standard InChI is InChI=1S/C11H20N4/c1-14-10(12)13-8-11(14)4-6-15-5-2-3-9(15)7-11/h9H,2-8H2,1H3,(H2,12,13). The van der Waals surface area contributed by atoms with Crippen molar-refractivity contribution >= 4 is 5.96 Å². The zero-order valence-electron chi connectivity index (χ0n) is 9.45. The lowest BCUT2D eigenvalue weighted by molar-refractivity contribution is 0.0749. The number of fused-ring (bicyclic) bond motifs is 1. The van der Waals surface area contributed by atoms with Gasteiger partial charge < -0.3 is 15.5 Å². The topological polar surface area (TPSA) is 44.9 Å². The monoisotopic (exact) mass is 208 g/mol. The molecule has 3 aliphatic heterocycles. The van der Waals surface area contributed by atoms with Crippen molar-refractivity contribution < 1.29 is 0 Å². The van der Waals surface area contributed by atoms with Crippen LogP contribution >= 0.6 is 0 Å². The molecular formula is C11H20N4. The van der Waals surface area contributed by atoms with Gasteiger partial charge in [-0.25, -0.2) is 0 Å². The Balaban J connectivity index is 1.79. The van der Waals surface area contributed by atoms with Crippen molar-refractivity contribution in [3.8, 4) is 0 Å². The molecule has 0 aromatic heterocycles. The minimum atomic E-state index is 0.260. The molecule has 4 nitrogen and oxygen atoms in total. The first-order valence-electron chi connectivity index (χ1n) is 5.99. The molecule has 0 bridgehead atoms. The minimum absolute atomic E-state index is 0.260. The van der Waals surface area contributed by atoms with E-state index in [0.29, 0.717) is 0 Å². The Bertz CT molecular complexity index is 301. The van der Waals surface area contributed by atoms with Crippen molar-refractivity contribution in [1.29, 1.82) is 0 Å². The number of rotatable bonds is 0. The molecule has 2 unspecified atom stereocenters. The molecule has 0 radical (unpaired) electrons. The first-order valence-corrected chi connectivity index (χ1v) is 5.99. The Labute approximate surface area is 91.1 Å². The minimum Gasteiger partial charge on any atom is -0.370 e. The van der Waals surface area contributed by atoms with Gasteiger partial charge in [0, 0.05) is 19.6 Å². The van der Waals surface area contributed by atoms with Crippen LogP contribution in [-0.2, 0) is 0 Å². The third-order valence-electron chi connectivity index (χ3n) is 4.57. The van der Waals surface area contributed by atoms with Gasteiger partial charge in [0.05, 0.1) is 12.1 Å². The van der Waals surface area contributed by atoms with E-state index in [1.54, 1.807) is 0 Å². The second-order valence-electron chi connectivity index (χ2n) is 5.24. The predicted octanol–water partition coefficient (Wildman–Crippen LogP) is 0.244. The van der Waals surface area contributed by atoms with Gasteiger partial charge in [-0.15, -0.1) is 0 Å². The van der Waals surface area contributed by atoms with Gasteiger partial charge in [0.1, 0.15) is 0 Å². The Kier molecular flexibility index (Phi) is 1.96. The molecule has 1 spiro atoms. The molecular weight excluding hydrogens is 188 g/mol. The second-order valence-corrected chi connectivity index (χ2v) is 5.24. The van der Waals surface area contributed by atoms with Gasteiger partial charge in [-0.1, -0.05) is 0 Å². The fraction of sp³-hybridized carbons (Fsp3) is 0.909. The van der Waals surface area contributed by atoms with E-state index >= 15 is 0 Å². The first kappa shape index (κ1) is 9.46. The molecule has 0 aromatic carbocycles. The Morgan fingerprint density at radius 3 is 3.07 bits per heavy atom. The molecule has 0 aromatic rings. The van der Waals surface area contributed by atoms with E-state index in [1.165, 1.54) is 38.8 Å². The van der Waals surface area contributed by atoms with Gasteiger partial charge in [0.2, 0.25) is 0 Å². The molecule has 2 saturated heterocycles. The zero-order valence-corrected chi connectivity index (χ0v) is 9.45. The van der Waals surface area contributed by atoms with E-state index in [2.05, 4.69) is 21.8 Å². The number of guanidine groups is 1. The molecule has 2 N–H and O–H groups in total. The van der Waals surface area contributed by atoms with Crippen LogP contribution in [0.15, 0.2) is 4.99 Å². The highest BCUT2D eigenvalue weighted by Gasteiger charge is 2.46. The van der Waals surface area contributed by atoms with Gasteiger partial charge in [-0.3, -0.25) is 4.99 Å². The summed E-state index contributed by atoms with van der Waals surface area (Å²) in [6.45, 7) is 3.46. The number of nitrogens with zero attached hydrogens (tertiary/aromatic N) is 3. The average Bonchev–Trinajstić information content (AvgIpc) is 2.80. The average molecular weight is 208 g/mol. The van der Waals surface area contributed by atoms with E-state index in [1.807, 2.05) is 0 Å². The van der Waals surface area contributed by atoms with Gasteiger partial charge in [-0.2, -0.15) is 0 Å². The smallest absolute Gasteiger partial charge is 0.191 e. The van der Waals surface area contributed by atoms with Crippen molar-refractivity contribution in [2.75, 3.05) is 26.7 Å². The molecule has 4 heteroatoms. The third kappa shape index (κ3) is 1.27. The van der Waals surface area contributed by atoms with Crippen LogP contribution in [0.5, 0.6) is 0 Å². The molecule has 2 atom stereocenters. The number of aliphatic imine (C=N–C) groups is 1. The van der Waals surface area contributed by atoms with Crippen LogP contribution in [0.3, 0.4) is 0 Å².